The summed E-state index contributed by atoms with van der Waals surface area (Å²) >= 11 is 3.34. The standard InChI is InChI=1S/C20H29BrN2O4S/c1-5-16-19(24)22-15-10-13(21)11-17(18(15)27-16)28(25,26)23-14-8-6-12(7-9-14)20(2,3)4/h10-12,14,16,23H,5-9H2,1-4H3,(H,22,24). The number of ether oxygens (including phenoxy) is 1. The molecule has 1 fully saturated rings. The average Bonchev–Trinajstić information content (AvgIpc) is 2.59. The molecule has 1 saturated carbocycles. The molecule has 1 aromatic rings. The molecule has 1 aromatic carbocycles. The van der Waals surface area contributed by atoms with Crippen LogP contribution in [0.15, 0.2) is 21.5 Å². The fraction of sp³-hybridized carbons (Fsp3) is 0.650. The fourth-order valence-corrected chi connectivity index (χ4v) is 6.12. The lowest BCUT2D eigenvalue weighted by atomic mass is 9.71. The average molecular weight is 473 g/mol. The molecule has 0 spiro atoms. The highest BCUT2D eigenvalue weighted by Crippen LogP contribution is 2.41. The summed E-state index contributed by atoms with van der Waals surface area (Å²) in [5.41, 5.74) is 0.620. The van der Waals surface area contributed by atoms with Gasteiger partial charge in [-0.3, -0.25) is 4.79 Å². The molecule has 2 aliphatic rings. The number of halogens is 1. The molecule has 2 N–H and O–H groups in total. The van der Waals surface area contributed by atoms with Crippen LogP contribution in [0.3, 0.4) is 0 Å². The molecule has 156 valence electrons. The van der Waals surface area contributed by atoms with Gasteiger partial charge in [-0.1, -0.05) is 43.6 Å². The van der Waals surface area contributed by atoms with Crippen LogP contribution < -0.4 is 14.8 Å². The predicted octanol–water partition coefficient (Wildman–Crippen LogP) is 4.44. The zero-order valence-electron chi connectivity index (χ0n) is 16.8. The van der Waals surface area contributed by atoms with Gasteiger partial charge in [0.05, 0.1) is 5.69 Å². The Bertz CT molecular complexity index is 856. The van der Waals surface area contributed by atoms with Crippen LogP contribution in [0.5, 0.6) is 5.75 Å². The van der Waals surface area contributed by atoms with Crippen LogP contribution in [0, 0.1) is 11.3 Å². The Morgan fingerprint density at radius 2 is 1.86 bits per heavy atom. The van der Waals surface area contributed by atoms with Crippen molar-refractivity contribution < 1.29 is 17.9 Å². The van der Waals surface area contributed by atoms with E-state index < -0.39 is 16.1 Å². The van der Waals surface area contributed by atoms with Gasteiger partial charge in [0.2, 0.25) is 10.0 Å². The van der Waals surface area contributed by atoms with E-state index in [0.717, 1.165) is 25.7 Å². The summed E-state index contributed by atoms with van der Waals surface area (Å²) in [6.07, 6.45) is 3.45. The highest BCUT2D eigenvalue weighted by atomic mass is 79.9. The first-order valence-corrected chi connectivity index (χ1v) is 12.1. The lowest BCUT2D eigenvalue weighted by Gasteiger charge is -2.37. The second kappa shape index (κ2) is 7.95. The molecule has 1 aliphatic heterocycles. The number of benzene rings is 1. The molecular weight excluding hydrogens is 444 g/mol. The summed E-state index contributed by atoms with van der Waals surface area (Å²) in [6, 6.07) is 3.11. The van der Waals surface area contributed by atoms with Gasteiger partial charge in [0.25, 0.3) is 5.91 Å². The molecule has 8 heteroatoms. The van der Waals surface area contributed by atoms with Gasteiger partial charge >= 0.3 is 0 Å². The molecule has 1 aliphatic carbocycles. The minimum Gasteiger partial charge on any atom is -0.477 e. The minimum absolute atomic E-state index is 0.0632. The molecule has 0 radical (unpaired) electrons. The zero-order chi connectivity index (χ0) is 20.7. The van der Waals surface area contributed by atoms with Gasteiger partial charge in [0, 0.05) is 10.5 Å². The van der Waals surface area contributed by atoms with E-state index in [4.69, 9.17) is 4.74 Å². The maximum Gasteiger partial charge on any atom is 0.265 e. The van der Waals surface area contributed by atoms with E-state index in [2.05, 4.69) is 46.7 Å². The zero-order valence-corrected chi connectivity index (χ0v) is 19.2. The Balaban J connectivity index is 1.82. The Morgan fingerprint density at radius 3 is 2.43 bits per heavy atom. The van der Waals surface area contributed by atoms with Gasteiger partial charge in [-0.15, -0.1) is 0 Å². The Hall–Kier alpha value is -1.12. The van der Waals surface area contributed by atoms with Crippen LogP contribution in [0.2, 0.25) is 0 Å². The Labute approximate surface area is 176 Å². The van der Waals surface area contributed by atoms with Crippen LogP contribution in [-0.2, 0) is 14.8 Å². The maximum absolute atomic E-state index is 13.2. The second-order valence-electron chi connectivity index (χ2n) is 8.82. The minimum atomic E-state index is -3.78. The van der Waals surface area contributed by atoms with E-state index in [1.54, 1.807) is 6.07 Å². The van der Waals surface area contributed by atoms with Gasteiger partial charge in [-0.25, -0.2) is 13.1 Å². The largest absolute Gasteiger partial charge is 0.477 e. The van der Waals surface area contributed by atoms with Crippen LogP contribution in [0.25, 0.3) is 0 Å². The van der Waals surface area contributed by atoms with E-state index in [0.29, 0.717) is 22.5 Å². The van der Waals surface area contributed by atoms with Crippen molar-refractivity contribution in [2.75, 3.05) is 5.32 Å². The Kier molecular flexibility index (Phi) is 6.13. The number of nitrogens with one attached hydrogen (secondary N) is 2. The number of anilines is 1. The second-order valence-corrected chi connectivity index (χ2v) is 11.4. The van der Waals surface area contributed by atoms with Crippen molar-refractivity contribution in [1.29, 1.82) is 0 Å². The highest BCUT2D eigenvalue weighted by Gasteiger charge is 2.35. The summed E-state index contributed by atoms with van der Waals surface area (Å²) in [5, 5.41) is 2.75. The molecule has 0 bridgehead atoms. The lowest BCUT2D eigenvalue weighted by molar-refractivity contribution is -0.123. The number of hydrogen-bond acceptors (Lipinski definition) is 4. The van der Waals surface area contributed by atoms with Crippen LogP contribution >= 0.6 is 15.9 Å². The van der Waals surface area contributed by atoms with E-state index in [-0.39, 0.29) is 28.0 Å². The Morgan fingerprint density at radius 1 is 1.21 bits per heavy atom. The SMILES string of the molecule is CCC1Oc2c(cc(Br)cc2S(=O)(=O)NC2CCC(C(C)(C)C)CC2)NC1=O. The van der Waals surface area contributed by atoms with Crippen molar-refractivity contribution in [2.24, 2.45) is 11.3 Å². The summed E-state index contributed by atoms with van der Waals surface area (Å²) in [4.78, 5) is 12.1. The van der Waals surface area contributed by atoms with E-state index in [9.17, 15) is 13.2 Å². The molecular formula is C20H29BrN2O4S. The van der Waals surface area contributed by atoms with Gasteiger partial charge in [-0.05, 0) is 55.6 Å². The quantitative estimate of drug-likeness (QED) is 0.677. The lowest BCUT2D eigenvalue weighted by Crippen LogP contribution is -2.41. The molecule has 1 atom stereocenters. The van der Waals surface area contributed by atoms with E-state index in [1.807, 2.05) is 6.92 Å². The first-order chi connectivity index (χ1) is 13.0. The molecule has 28 heavy (non-hydrogen) atoms. The summed E-state index contributed by atoms with van der Waals surface area (Å²) in [6.45, 7) is 8.55. The maximum atomic E-state index is 13.2. The van der Waals surface area contributed by atoms with Crippen LogP contribution in [-0.4, -0.2) is 26.5 Å². The molecule has 0 saturated heterocycles. The molecule has 1 unspecified atom stereocenters. The van der Waals surface area contributed by atoms with Gasteiger partial charge in [0.1, 0.15) is 4.90 Å². The monoisotopic (exact) mass is 472 g/mol. The normalized spacial score (nSPS) is 25.6. The number of amides is 1. The first-order valence-electron chi connectivity index (χ1n) is 9.84. The third-order valence-electron chi connectivity index (χ3n) is 5.76. The van der Waals surface area contributed by atoms with Crippen molar-refractivity contribution in [1.82, 2.24) is 4.72 Å². The topological polar surface area (TPSA) is 84.5 Å². The number of carbonyl (C=O) groups is 1. The first kappa shape index (κ1) is 21.6. The highest BCUT2D eigenvalue weighted by molar-refractivity contribution is 9.10. The molecule has 3 rings (SSSR count). The number of sulfonamides is 1. The van der Waals surface area contributed by atoms with Crippen LogP contribution in [0.4, 0.5) is 5.69 Å². The summed E-state index contributed by atoms with van der Waals surface area (Å²) in [7, 11) is -3.78. The van der Waals surface area contributed by atoms with Crippen molar-refractivity contribution >= 4 is 37.5 Å². The van der Waals surface area contributed by atoms with Gasteiger partial charge in [0.15, 0.2) is 11.9 Å². The molecule has 1 amide bonds. The third kappa shape index (κ3) is 4.54. The van der Waals surface area contributed by atoms with Crippen molar-refractivity contribution in [3.05, 3.63) is 16.6 Å². The number of rotatable bonds is 4. The summed E-state index contributed by atoms with van der Waals surface area (Å²) in [5.74, 6) is 0.561. The fourth-order valence-electron chi connectivity index (χ4n) is 4.02. The molecule has 6 nitrogen and oxygen atoms in total. The molecule has 1 heterocycles. The van der Waals surface area contributed by atoms with E-state index in [1.165, 1.54) is 6.07 Å². The summed E-state index contributed by atoms with van der Waals surface area (Å²) < 4.78 is 35.5. The van der Waals surface area contributed by atoms with E-state index >= 15 is 0 Å². The van der Waals surface area contributed by atoms with Crippen molar-refractivity contribution in [3.8, 4) is 5.75 Å². The number of fused-ring (bicyclic) bond motifs is 1. The van der Waals surface area contributed by atoms with Crippen LogP contribution in [0.1, 0.15) is 59.8 Å². The van der Waals surface area contributed by atoms with Gasteiger partial charge < -0.3 is 10.1 Å². The van der Waals surface area contributed by atoms with Gasteiger partial charge in [-0.2, -0.15) is 0 Å². The third-order valence-corrected chi connectivity index (χ3v) is 7.75. The molecule has 0 aromatic heterocycles. The number of carbonyl (C=O) groups excluding carboxylic acids is 1. The van der Waals surface area contributed by atoms with Crippen molar-refractivity contribution in [3.63, 3.8) is 0 Å². The van der Waals surface area contributed by atoms with Crippen molar-refractivity contribution in [2.45, 2.75) is 76.8 Å². The smallest absolute Gasteiger partial charge is 0.265 e. The predicted molar refractivity (Wildman–Crippen MR) is 113 cm³/mol. The number of hydrogen-bond donors (Lipinski definition) is 2.